The standard InChI is InChI=1S/C9H5Br2ClS/c10-5-1-2-7-6(3-5)9(11)8(4-12)13-7/h1-3H,4H2. The second kappa shape index (κ2) is 3.89. The lowest BCUT2D eigenvalue weighted by Crippen LogP contribution is -1.68. The number of fused-ring (bicyclic) bond motifs is 1. The molecule has 0 spiro atoms. The molecule has 4 heteroatoms. The van der Waals surface area contributed by atoms with E-state index in [1.165, 1.54) is 15.0 Å². The molecule has 0 aliphatic rings. The lowest BCUT2D eigenvalue weighted by Gasteiger charge is -1.91. The van der Waals surface area contributed by atoms with Crippen molar-refractivity contribution in [3.05, 3.63) is 32.0 Å². The molecule has 0 N–H and O–H groups in total. The predicted octanol–water partition coefficient (Wildman–Crippen LogP) is 5.17. The topological polar surface area (TPSA) is 0 Å². The third-order valence-corrected chi connectivity index (χ3v) is 5.04. The van der Waals surface area contributed by atoms with Gasteiger partial charge in [-0.15, -0.1) is 22.9 Å². The Morgan fingerprint density at radius 1 is 1.31 bits per heavy atom. The third kappa shape index (κ3) is 1.80. The van der Waals surface area contributed by atoms with Crippen LogP contribution in [0, 0.1) is 0 Å². The number of halogens is 3. The van der Waals surface area contributed by atoms with E-state index < -0.39 is 0 Å². The van der Waals surface area contributed by atoms with E-state index in [9.17, 15) is 0 Å². The predicted molar refractivity (Wildman–Crippen MR) is 66.8 cm³/mol. The number of alkyl halides is 1. The molecule has 0 saturated heterocycles. The second-order valence-electron chi connectivity index (χ2n) is 2.61. The highest BCUT2D eigenvalue weighted by molar-refractivity contribution is 9.11. The fourth-order valence-corrected chi connectivity index (χ4v) is 3.77. The van der Waals surface area contributed by atoms with Gasteiger partial charge in [0, 0.05) is 23.9 Å². The van der Waals surface area contributed by atoms with Crippen LogP contribution in [0.1, 0.15) is 4.88 Å². The van der Waals surface area contributed by atoms with Gasteiger partial charge in [-0.1, -0.05) is 15.9 Å². The van der Waals surface area contributed by atoms with Crippen LogP contribution in [0.25, 0.3) is 10.1 Å². The van der Waals surface area contributed by atoms with Gasteiger partial charge in [-0.05, 0) is 34.1 Å². The van der Waals surface area contributed by atoms with Crippen molar-refractivity contribution in [2.45, 2.75) is 5.88 Å². The molecule has 0 bridgehead atoms. The van der Waals surface area contributed by atoms with Crippen LogP contribution in [0.3, 0.4) is 0 Å². The van der Waals surface area contributed by atoms with Gasteiger partial charge in [-0.3, -0.25) is 0 Å². The largest absolute Gasteiger partial charge is 0.138 e. The van der Waals surface area contributed by atoms with Crippen LogP contribution in [-0.4, -0.2) is 0 Å². The summed E-state index contributed by atoms with van der Waals surface area (Å²) in [7, 11) is 0. The van der Waals surface area contributed by atoms with Crippen molar-refractivity contribution < 1.29 is 0 Å². The van der Waals surface area contributed by atoms with Crippen LogP contribution < -0.4 is 0 Å². The normalized spacial score (nSPS) is 11.0. The average Bonchev–Trinajstić information content (AvgIpc) is 2.44. The van der Waals surface area contributed by atoms with E-state index in [1.807, 2.05) is 6.07 Å². The Balaban J connectivity index is 2.77. The third-order valence-electron chi connectivity index (χ3n) is 1.78. The first-order valence-electron chi connectivity index (χ1n) is 3.65. The lowest BCUT2D eigenvalue weighted by molar-refractivity contribution is 1.51. The molecule has 13 heavy (non-hydrogen) atoms. The van der Waals surface area contributed by atoms with E-state index in [2.05, 4.69) is 44.0 Å². The van der Waals surface area contributed by atoms with Gasteiger partial charge in [0.05, 0.1) is 5.88 Å². The molecule has 0 saturated carbocycles. The summed E-state index contributed by atoms with van der Waals surface area (Å²) >= 11 is 14.5. The van der Waals surface area contributed by atoms with Gasteiger partial charge in [0.2, 0.25) is 0 Å². The van der Waals surface area contributed by atoms with Gasteiger partial charge in [-0.2, -0.15) is 0 Å². The van der Waals surface area contributed by atoms with Crippen molar-refractivity contribution in [1.82, 2.24) is 0 Å². The first kappa shape index (κ1) is 9.97. The Hall–Kier alpha value is 0.430. The van der Waals surface area contributed by atoms with Crippen molar-refractivity contribution in [3.63, 3.8) is 0 Å². The molecule has 1 aromatic heterocycles. The highest BCUT2D eigenvalue weighted by Gasteiger charge is 2.08. The summed E-state index contributed by atoms with van der Waals surface area (Å²) in [6.07, 6.45) is 0. The van der Waals surface area contributed by atoms with Gasteiger partial charge < -0.3 is 0 Å². The van der Waals surface area contributed by atoms with Crippen LogP contribution in [0.5, 0.6) is 0 Å². The minimum atomic E-state index is 0.567. The van der Waals surface area contributed by atoms with Crippen molar-refractivity contribution in [1.29, 1.82) is 0 Å². The van der Waals surface area contributed by atoms with Crippen LogP contribution in [0.4, 0.5) is 0 Å². The van der Waals surface area contributed by atoms with Crippen LogP contribution in [0.2, 0.25) is 0 Å². The molecule has 0 atom stereocenters. The van der Waals surface area contributed by atoms with Crippen molar-refractivity contribution in [2.24, 2.45) is 0 Å². The molecule has 0 aliphatic heterocycles. The molecule has 0 unspecified atom stereocenters. The SMILES string of the molecule is ClCc1sc2ccc(Br)cc2c1Br. The number of rotatable bonds is 1. The summed E-state index contributed by atoms with van der Waals surface area (Å²) < 4.78 is 3.49. The van der Waals surface area contributed by atoms with Gasteiger partial charge in [0.1, 0.15) is 0 Å². The van der Waals surface area contributed by atoms with E-state index in [1.54, 1.807) is 11.3 Å². The highest BCUT2D eigenvalue weighted by atomic mass is 79.9. The van der Waals surface area contributed by atoms with Gasteiger partial charge >= 0.3 is 0 Å². The number of hydrogen-bond acceptors (Lipinski definition) is 1. The molecule has 1 aromatic carbocycles. The first-order valence-corrected chi connectivity index (χ1v) is 6.58. The molecular weight excluding hydrogens is 335 g/mol. The van der Waals surface area contributed by atoms with E-state index in [4.69, 9.17) is 11.6 Å². The Labute approximate surface area is 102 Å². The van der Waals surface area contributed by atoms with Crippen LogP contribution in [0.15, 0.2) is 27.1 Å². The molecule has 68 valence electrons. The monoisotopic (exact) mass is 338 g/mol. The quantitative estimate of drug-likeness (QED) is 0.629. The Morgan fingerprint density at radius 3 is 2.77 bits per heavy atom. The fraction of sp³-hybridized carbons (Fsp3) is 0.111. The Morgan fingerprint density at radius 2 is 2.08 bits per heavy atom. The molecule has 2 aromatic rings. The number of benzene rings is 1. The molecule has 0 radical (unpaired) electrons. The van der Waals surface area contributed by atoms with Crippen LogP contribution >= 0.6 is 54.8 Å². The maximum Gasteiger partial charge on any atom is 0.0579 e. The van der Waals surface area contributed by atoms with E-state index in [0.717, 1.165) is 8.95 Å². The summed E-state index contributed by atoms with van der Waals surface area (Å²) in [6.45, 7) is 0. The van der Waals surface area contributed by atoms with Crippen molar-refractivity contribution in [3.8, 4) is 0 Å². The summed E-state index contributed by atoms with van der Waals surface area (Å²) in [5.74, 6) is 0.567. The minimum absolute atomic E-state index is 0.567. The fourth-order valence-electron chi connectivity index (χ4n) is 1.18. The number of hydrogen-bond donors (Lipinski definition) is 0. The van der Waals surface area contributed by atoms with Crippen molar-refractivity contribution in [2.75, 3.05) is 0 Å². The zero-order valence-corrected chi connectivity index (χ0v) is 11.2. The minimum Gasteiger partial charge on any atom is -0.138 e. The van der Waals surface area contributed by atoms with Gasteiger partial charge in [0.15, 0.2) is 0 Å². The summed E-state index contributed by atoms with van der Waals surface area (Å²) in [5, 5.41) is 1.23. The summed E-state index contributed by atoms with van der Waals surface area (Å²) in [6, 6.07) is 6.25. The smallest absolute Gasteiger partial charge is 0.0579 e. The molecule has 1 heterocycles. The molecule has 0 nitrogen and oxygen atoms in total. The van der Waals surface area contributed by atoms with Gasteiger partial charge in [0.25, 0.3) is 0 Å². The zero-order chi connectivity index (χ0) is 9.42. The zero-order valence-electron chi connectivity index (χ0n) is 6.48. The van der Waals surface area contributed by atoms with E-state index in [0.29, 0.717) is 5.88 Å². The maximum atomic E-state index is 5.81. The van der Waals surface area contributed by atoms with E-state index in [-0.39, 0.29) is 0 Å². The van der Waals surface area contributed by atoms with Gasteiger partial charge in [-0.25, -0.2) is 0 Å². The van der Waals surface area contributed by atoms with E-state index >= 15 is 0 Å². The molecular formula is C9H5Br2ClS. The lowest BCUT2D eigenvalue weighted by atomic mass is 10.2. The van der Waals surface area contributed by atoms with Crippen molar-refractivity contribution >= 4 is 64.9 Å². The Kier molecular flexibility index (Phi) is 2.98. The Bertz CT molecular complexity index is 450. The molecule has 0 amide bonds. The maximum absolute atomic E-state index is 5.81. The first-order chi connectivity index (χ1) is 6.22. The molecule has 0 aliphatic carbocycles. The molecule has 0 fully saturated rings. The number of thiophene rings is 1. The highest BCUT2D eigenvalue weighted by Crippen LogP contribution is 2.37. The molecule has 2 rings (SSSR count). The average molecular weight is 340 g/mol. The second-order valence-corrected chi connectivity index (χ2v) is 5.73. The van der Waals surface area contributed by atoms with Crippen LogP contribution in [-0.2, 0) is 5.88 Å². The summed E-state index contributed by atoms with van der Waals surface area (Å²) in [4.78, 5) is 1.19. The summed E-state index contributed by atoms with van der Waals surface area (Å²) in [5.41, 5.74) is 0.